The lowest BCUT2D eigenvalue weighted by atomic mass is 10.1. The summed E-state index contributed by atoms with van der Waals surface area (Å²) in [5.41, 5.74) is 3.88. The van der Waals surface area contributed by atoms with Crippen molar-refractivity contribution >= 4 is 22.0 Å². The second kappa shape index (κ2) is 6.81. The summed E-state index contributed by atoms with van der Waals surface area (Å²) >= 11 is 3.49. The molecule has 0 unspecified atom stereocenters. The summed E-state index contributed by atoms with van der Waals surface area (Å²) in [5.74, 6) is 0. The highest BCUT2D eigenvalue weighted by Crippen LogP contribution is 2.13. The SMILES string of the molecule is CCC(=Cc1cccc(COC)c1)CBr. The van der Waals surface area contributed by atoms with E-state index in [-0.39, 0.29) is 0 Å². The van der Waals surface area contributed by atoms with E-state index in [0.717, 1.165) is 11.8 Å². The van der Waals surface area contributed by atoms with Crippen LogP contribution in [0.4, 0.5) is 0 Å². The first-order valence-corrected chi connectivity index (χ1v) is 6.25. The Kier molecular flexibility index (Phi) is 5.66. The Labute approximate surface area is 100 Å². The van der Waals surface area contributed by atoms with Crippen molar-refractivity contribution in [1.29, 1.82) is 0 Å². The van der Waals surface area contributed by atoms with Crippen LogP contribution in [0.1, 0.15) is 24.5 Å². The van der Waals surface area contributed by atoms with E-state index < -0.39 is 0 Å². The molecular weight excluding hydrogens is 252 g/mol. The summed E-state index contributed by atoms with van der Waals surface area (Å²) in [6, 6.07) is 8.45. The fourth-order valence-corrected chi connectivity index (χ4v) is 1.97. The summed E-state index contributed by atoms with van der Waals surface area (Å²) in [7, 11) is 1.72. The average molecular weight is 269 g/mol. The van der Waals surface area contributed by atoms with Crippen LogP contribution in [-0.4, -0.2) is 12.4 Å². The van der Waals surface area contributed by atoms with Gasteiger partial charge in [-0.25, -0.2) is 0 Å². The predicted molar refractivity (Wildman–Crippen MR) is 69.2 cm³/mol. The zero-order valence-corrected chi connectivity index (χ0v) is 10.9. The van der Waals surface area contributed by atoms with Crippen LogP contribution in [0, 0.1) is 0 Å². The Morgan fingerprint density at radius 3 is 2.87 bits per heavy atom. The second-order valence-electron chi connectivity index (χ2n) is 3.47. The normalized spacial score (nSPS) is 11.8. The summed E-state index contributed by atoms with van der Waals surface area (Å²) in [5, 5.41) is 0.942. The topological polar surface area (TPSA) is 9.23 Å². The van der Waals surface area contributed by atoms with Crippen molar-refractivity contribution in [1.82, 2.24) is 0 Å². The maximum absolute atomic E-state index is 5.11. The van der Waals surface area contributed by atoms with Crippen LogP contribution in [0.5, 0.6) is 0 Å². The molecule has 82 valence electrons. The molecule has 0 N–H and O–H groups in total. The first-order valence-electron chi connectivity index (χ1n) is 5.13. The number of ether oxygens (including phenoxy) is 1. The van der Waals surface area contributed by atoms with Gasteiger partial charge >= 0.3 is 0 Å². The molecule has 0 heterocycles. The Bertz CT molecular complexity index is 325. The van der Waals surface area contributed by atoms with Crippen molar-refractivity contribution < 1.29 is 4.74 Å². The molecular formula is C13H17BrO. The first kappa shape index (κ1) is 12.5. The minimum Gasteiger partial charge on any atom is -0.380 e. The van der Waals surface area contributed by atoms with E-state index in [4.69, 9.17) is 4.74 Å². The number of halogens is 1. The van der Waals surface area contributed by atoms with Gasteiger partial charge in [0.2, 0.25) is 0 Å². The number of hydrogen-bond acceptors (Lipinski definition) is 1. The van der Waals surface area contributed by atoms with Crippen molar-refractivity contribution in [3.63, 3.8) is 0 Å². The van der Waals surface area contributed by atoms with Crippen molar-refractivity contribution in [3.8, 4) is 0 Å². The van der Waals surface area contributed by atoms with Crippen molar-refractivity contribution in [2.24, 2.45) is 0 Å². The monoisotopic (exact) mass is 268 g/mol. The third-order valence-corrected chi connectivity index (χ3v) is 2.98. The highest BCUT2D eigenvalue weighted by molar-refractivity contribution is 9.09. The van der Waals surface area contributed by atoms with Crippen LogP contribution in [-0.2, 0) is 11.3 Å². The molecule has 0 atom stereocenters. The van der Waals surface area contributed by atoms with E-state index >= 15 is 0 Å². The molecule has 0 aliphatic heterocycles. The highest BCUT2D eigenvalue weighted by atomic mass is 79.9. The van der Waals surface area contributed by atoms with Crippen LogP contribution in [0.3, 0.4) is 0 Å². The molecule has 0 radical (unpaired) electrons. The quantitative estimate of drug-likeness (QED) is 0.733. The van der Waals surface area contributed by atoms with Crippen LogP contribution in [0.25, 0.3) is 6.08 Å². The van der Waals surface area contributed by atoms with Gasteiger partial charge in [-0.2, -0.15) is 0 Å². The Hall–Kier alpha value is -0.600. The molecule has 0 fully saturated rings. The maximum atomic E-state index is 5.11. The fourth-order valence-electron chi connectivity index (χ4n) is 1.41. The molecule has 2 heteroatoms. The van der Waals surface area contributed by atoms with Crippen LogP contribution >= 0.6 is 15.9 Å². The summed E-state index contributed by atoms with van der Waals surface area (Å²) < 4.78 is 5.11. The van der Waals surface area contributed by atoms with Gasteiger partial charge in [0.1, 0.15) is 0 Å². The largest absolute Gasteiger partial charge is 0.380 e. The number of hydrogen-bond donors (Lipinski definition) is 0. The number of rotatable bonds is 5. The fraction of sp³-hybridized carbons (Fsp3) is 0.385. The standard InChI is InChI=1S/C13H17BrO/c1-3-11(9-14)7-12-5-4-6-13(8-12)10-15-2/h4-8H,3,9-10H2,1-2H3. The number of allylic oxidation sites excluding steroid dienone is 1. The summed E-state index contributed by atoms with van der Waals surface area (Å²) in [6.07, 6.45) is 3.31. The van der Waals surface area contributed by atoms with E-state index in [0.29, 0.717) is 6.61 Å². The van der Waals surface area contributed by atoms with E-state index in [9.17, 15) is 0 Å². The molecule has 0 aliphatic rings. The predicted octanol–water partition coefficient (Wildman–Crippen LogP) is 4.02. The molecule has 1 aromatic rings. The first-order chi connectivity index (χ1) is 7.30. The van der Waals surface area contributed by atoms with Crippen LogP contribution < -0.4 is 0 Å². The molecule has 1 rings (SSSR count). The van der Waals surface area contributed by atoms with Gasteiger partial charge < -0.3 is 4.74 Å². The number of alkyl halides is 1. The molecule has 0 saturated carbocycles. The lowest BCUT2D eigenvalue weighted by Gasteiger charge is -2.03. The molecule has 15 heavy (non-hydrogen) atoms. The van der Waals surface area contributed by atoms with Gasteiger partial charge in [-0.05, 0) is 23.6 Å². The Morgan fingerprint density at radius 1 is 1.47 bits per heavy atom. The van der Waals surface area contributed by atoms with Crippen molar-refractivity contribution in [2.75, 3.05) is 12.4 Å². The highest BCUT2D eigenvalue weighted by Gasteiger charge is 1.95. The average Bonchev–Trinajstić information content (AvgIpc) is 2.27. The molecule has 1 aromatic carbocycles. The van der Waals surface area contributed by atoms with E-state index in [2.05, 4.69) is 53.2 Å². The summed E-state index contributed by atoms with van der Waals surface area (Å²) in [4.78, 5) is 0. The Morgan fingerprint density at radius 2 is 2.27 bits per heavy atom. The van der Waals surface area contributed by atoms with E-state index in [1.165, 1.54) is 16.7 Å². The van der Waals surface area contributed by atoms with Gasteiger partial charge in [0, 0.05) is 12.4 Å². The molecule has 0 spiro atoms. The van der Waals surface area contributed by atoms with E-state index in [1.807, 2.05) is 0 Å². The van der Waals surface area contributed by atoms with Gasteiger partial charge in [-0.3, -0.25) is 0 Å². The number of benzene rings is 1. The second-order valence-corrected chi connectivity index (χ2v) is 4.03. The molecule has 1 nitrogen and oxygen atoms in total. The maximum Gasteiger partial charge on any atom is 0.0713 e. The van der Waals surface area contributed by atoms with Crippen molar-refractivity contribution in [2.45, 2.75) is 20.0 Å². The van der Waals surface area contributed by atoms with Gasteiger partial charge in [-0.1, -0.05) is 52.7 Å². The van der Waals surface area contributed by atoms with Crippen molar-refractivity contribution in [3.05, 3.63) is 41.0 Å². The summed E-state index contributed by atoms with van der Waals surface area (Å²) in [6.45, 7) is 2.85. The minimum atomic E-state index is 0.678. The van der Waals surface area contributed by atoms with Gasteiger partial charge in [-0.15, -0.1) is 0 Å². The number of methoxy groups -OCH3 is 1. The third kappa shape index (κ3) is 4.18. The van der Waals surface area contributed by atoms with E-state index in [1.54, 1.807) is 7.11 Å². The minimum absolute atomic E-state index is 0.678. The smallest absolute Gasteiger partial charge is 0.0713 e. The lowest BCUT2D eigenvalue weighted by Crippen LogP contribution is -1.88. The van der Waals surface area contributed by atoms with Crippen LogP contribution in [0.2, 0.25) is 0 Å². The zero-order valence-electron chi connectivity index (χ0n) is 9.29. The molecule has 0 saturated heterocycles. The van der Waals surface area contributed by atoms with Gasteiger partial charge in [0.05, 0.1) is 6.61 Å². The molecule has 0 aromatic heterocycles. The zero-order chi connectivity index (χ0) is 11.1. The van der Waals surface area contributed by atoms with Gasteiger partial charge in [0.15, 0.2) is 0 Å². The Balaban J connectivity index is 2.85. The molecule has 0 bridgehead atoms. The molecule has 0 aliphatic carbocycles. The van der Waals surface area contributed by atoms with Crippen LogP contribution in [0.15, 0.2) is 29.8 Å². The molecule has 0 amide bonds. The van der Waals surface area contributed by atoms with Gasteiger partial charge in [0.25, 0.3) is 0 Å². The lowest BCUT2D eigenvalue weighted by molar-refractivity contribution is 0.185. The third-order valence-electron chi connectivity index (χ3n) is 2.26.